The molecule has 1 aromatic heterocycles. The summed E-state index contributed by atoms with van der Waals surface area (Å²) in [7, 11) is 0. The molecule has 0 fully saturated rings. The van der Waals surface area contributed by atoms with Crippen molar-refractivity contribution in [1.29, 1.82) is 0 Å². The van der Waals surface area contributed by atoms with Gasteiger partial charge in [-0.25, -0.2) is 4.98 Å². The minimum atomic E-state index is -2.91. The molecule has 3 aromatic carbocycles. The Balaban J connectivity index is 1.52. The van der Waals surface area contributed by atoms with Gasteiger partial charge in [-0.05, 0) is 48.9 Å². The van der Waals surface area contributed by atoms with Gasteiger partial charge in [0.2, 0.25) is 5.91 Å². The first kappa shape index (κ1) is 23.4. The van der Waals surface area contributed by atoms with Crippen LogP contribution in [0.2, 0.25) is 0 Å². The molecule has 4 rings (SSSR count). The molecule has 1 heterocycles. The number of carbonyl (C=O) groups excluding carboxylic acids is 1. The molecule has 1 N–H and O–H groups in total. The van der Waals surface area contributed by atoms with Gasteiger partial charge in [0.15, 0.2) is 5.16 Å². The highest BCUT2D eigenvalue weighted by atomic mass is 32.2. The first-order valence-corrected chi connectivity index (χ1v) is 11.4. The maximum Gasteiger partial charge on any atom is 0.387 e. The van der Waals surface area contributed by atoms with Crippen LogP contribution in [0.4, 0.5) is 14.5 Å². The van der Waals surface area contributed by atoms with Crippen LogP contribution < -0.4 is 15.6 Å². The largest absolute Gasteiger partial charge is 0.435 e. The molecule has 0 atom stereocenters. The zero-order valence-corrected chi connectivity index (χ0v) is 19.0. The fourth-order valence-corrected chi connectivity index (χ4v) is 4.12. The maximum absolute atomic E-state index is 13.2. The number of amides is 1. The lowest BCUT2D eigenvalue weighted by molar-refractivity contribution is -0.113. The minimum Gasteiger partial charge on any atom is -0.435 e. The first-order valence-electron chi connectivity index (χ1n) is 10.4. The Kier molecular flexibility index (Phi) is 7.22. The molecule has 34 heavy (non-hydrogen) atoms. The van der Waals surface area contributed by atoms with Gasteiger partial charge in [-0.1, -0.05) is 53.7 Å². The fourth-order valence-electron chi connectivity index (χ4n) is 3.32. The molecule has 0 unspecified atom stereocenters. The Hall–Kier alpha value is -3.72. The lowest BCUT2D eigenvalue weighted by Crippen LogP contribution is -2.25. The summed E-state index contributed by atoms with van der Waals surface area (Å²) in [6, 6.07) is 20.6. The number of rotatable bonds is 8. The van der Waals surface area contributed by atoms with Gasteiger partial charge < -0.3 is 10.1 Å². The second kappa shape index (κ2) is 10.5. The molecule has 6 nitrogen and oxygen atoms in total. The van der Waals surface area contributed by atoms with Crippen LogP contribution in [0.5, 0.6) is 5.75 Å². The van der Waals surface area contributed by atoms with Crippen molar-refractivity contribution in [1.82, 2.24) is 9.55 Å². The summed E-state index contributed by atoms with van der Waals surface area (Å²) in [5, 5.41) is 3.64. The van der Waals surface area contributed by atoms with E-state index in [1.807, 2.05) is 37.3 Å². The SMILES string of the molecule is Cc1ccc(Cn2c(SCC(=O)Nc3ccc(OC(F)F)cc3)nc3ccccc3c2=O)cc1. The summed E-state index contributed by atoms with van der Waals surface area (Å²) < 4.78 is 30.4. The third kappa shape index (κ3) is 5.79. The molecule has 0 saturated carbocycles. The Morgan fingerprint density at radius 1 is 1.06 bits per heavy atom. The van der Waals surface area contributed by atoms with E-state index < -0.39 is 6.61 Å². The third-order valence-electron chi connectivity index (χ3n) is 4.98. The van der Waals surface area contributed by atoms with Crippen LogP contribution in [0.25, 0.3) is 10.9 Å². The molecule has 0 saturated heterocycles. The molecule has 0 aliphatic heterocycles. The van der Waals surface area contributed by atoms with Gasteiger partial charge in [-0.2, -0.15) is 8.78 Å². The molecule has 174 valence electrons. The van der Waals surface area contributed by atoms with Crippen LogP contribution in [-0.4, -0.2) is 27.8 Å². The minimum absolute atomic E-state index is 0.00265. The lowest BCUT2D eigenvalue weighted by atomic mass is 10.1. The van der Waals surface area contributed by atoms with E-state index >= 15 is 0 Å². The Labute approximate surface area is 198 Å². The van der Waals surface area contributed by atoms with E-state index in [2.05, 4.69) is 15.0 Å². The number of aryl methyl sites for hydroxylation is 1. The molecule has 0 bridgehead atoms. The summed E-state index contributed by atoms with van der Waals surface area (Å²) in [5.74, 6) is -0.312. The van der Waals surface area contributed by atoms with Crippen molar-refractivity contribution >= 4 is 34.3 Å². The van der Waals surface area contributed by atoms with Crippen LogP contribution in [0.15, 0.2) is 82.7 Å². The smallest absolute Gasteiger partial charge is 0.387 e. The number of hydrogen-bond donors (Lipinski definition) is 1. The predicted octanol–water partition coefficient (Wildman–Crippen LogP) is 5.09. The van der Waals surface area contributed by atoms with Gasteiger partial charge in [0.25, 0.3) is 5.56 Å². The first-order chi connectivity index (χ1) is 16.4. The summed E-state index contributed by atoms with van der Waals surface area (Å²) in [5.41, 5.74) is 2.89. The van der Waals surface area contributed by atoms with Crippen molar-refractivity contribution in [2.75, 3.05) is 11.1 Å². The second-order valence-electron chi connectivity index (χ2n) is 7.53. The number of fused-ring (bicyclic) bond motifs is 1. The zero-order chi connectivity index (χ0) is 24.1. The molecular formula is C25H21F2N3O3S. The Morgan fingerprint density at radius 3 is 2.47 bits per heavy atom. The number of hydrogen-bond acceptors (Lipinski definition) is 5. The van der Waals surface area contributed by atoms with Crippen molar-refractivity contribution in [3.63, 3.8) is 0 Å². The number of anilines is 1. The highest BCUT2D eigenvalue weighted by Crippen LogP contribution is 2.21. The zero-order valence-electron chi connectivity index (χ0n) is 18.2. The monoisotopic (exact) mass is 481 g/mol. The fraction of sp³-hybridized carbons (Fsp3) is 0.160. The quantitative estimate of drug-likeness (QED) is 0.281. The average molecular weight is 482 g/mol. The molecule has 4 aromatic rings. The molecule has 0 radical (unpaired) electrons. The van der Waals surface area contributed by atoms with E-state index in [4.69, 9.17) is 0 Å². The van der Waals surface area contributed by atoms with E-state index in [1.165, 1.54) is 24.3 Å². The van der Waals surface area contributed by atoms with Crippen LogP contribution in [0.1, 0.15) is 11.1 Å². The van der Waals surface area contributed by atoms with Gasteiger partial charge in [0, 0.05) is 5.69 Å². The normalized spacial score (nSPS) is 11.1. The Bertz CT molecular complexity index is 1360. The number of nitrogens with one attached hydrogen (secondary N) is 1. The number of aromatic nitrogens is 2. The highest BCUT2D eigenvalue weighted by molar-refractivity contribution is 7.99. The topological polar surface area (TPSA) is 73.2 Å². The van der Waals surface area contributed by atoms with Gasteiger partial charge in [0.1, 0.15) is 5.75 Å². The van der Waals surface area contributed by atoms with Crippen LogP contribution in [-0.2, 0) is 11.3 Å². The molecule has 0 spiro atoms. The lowest BCUT2D eigenvalue weighted by Gasteiger charge is -2.13. The van der Waals surface area contributed by atoms with Gasteiger partial charge in [-0.15, -0.1) is 0 Å². The number of nitrogens with zero attached hydrogens (tertiary/aromatic N) is 2. The van der Waals surface area contributed by atoms with Crippen molar-refractivity contribution < 1.29 is 18.3 Å². The maximum atomic E-state index is 13.2. The Morgan fingerprint density at radius 2 is 1.76 bits per heavy atom. The standard InChI is InChI=1S/C25H21F2N3O3S/c1-16-6-8-17(9-7-16)14-30-23(32)20-4-2-3-5-21(20)29-25(30)34-15-22(31)28-18-10-12-19(13-11-18)33-24(26)27/h2-13,24H,14-15H2,1H3,(H,28,31). The summed E-state index contributed by atoms with van der Waals surface area (Å²) in [6.07, 6.45) is 0. The van der Waals surface area contributed by atoms with Crippen LogP contribution >= 0.6 is 11.8 Å². The van der Waals surface area contributed by atoms with Crippen molar-refractivity contribution in [3.8, 4) is 5.75 Å². The number of benzene rings is 3. The van der Waals surface area contributed by atoms with Crippen LogP contribution in [0.3, 0.4) is 0 Å². The van der Waals surface area contributed by atoms with Gasteiger partial charge >= 0.3 is 6.61 Å². The molecule has 1 amide bonds. The highest BCUT2D eigenvalue weighted by Gasteiger charge is 2.14. The molecule has 9 heteroatoms. The predicted molar refractivity (Wildman–Crippen MR) is 129 cm³/mol. The molecule has 0 aliphatic carbocycles. The van der Waals surface area contributed by atoms with E-state index in [-0.39, 0.29) is 23.0 Å². The summed E-state index contributed by atoms with van der Waals surface area (Å²) in [6.45, 7) is -0.594. The van der Waals surface area contributed by atoms with Gasteiger partial charge in [0.05, 0.1) is 23.2 Å². The number of alkyl halides is 2. The van der Waals surface area contributed by atoms with Crippen LogP contribution in [0, 0.1) is 6.92 Å². The van der Waals surface area contributed by atoms with E-state index in [0.717, 1.165) is 22.9 Å². The molecule has 0 aliphatic rings. The summed E-state index contributed by atoms with van der Waals surface area (Å²) >= 11 is 1.15. The number of thioether (sulfide) groups is 1. The average Bonchev–Trinajstić information content (AvgIpc) is 2.82. The van der Waals surface area contributed by atoms with Crippen molar-refractivity contribution in [3.05, 3.63) is 94.3 Å². The van der Waals surface area contributed by atoms with Crippen molar-refractivity contribution in [2.24, 2.45) is 0 Å². The van der Waals surface area contributed by atoms with E-state index in [1.54, 1.807) is 22.8 Å². The second-order valence-corrected chi connectivity index (χ2v) is 8.47. The summed E-state index contributed by atoms with van der Waals surface area (Å²) in [4.78, 5) is 30.3. The number of halogens is 2. The van der Waals surface area contributed by atoms with E-state index in [9.17, 15) is 18.4 Å². The van der Waals surface area contributed by atoms with E-state index in [0.29, 0.717) is 28.3 Å². The number of ether oxygens (including phenoxy) is 1. The van der Waals surface area contributed by atoms with Crippen molar-refractivity contribution in [2.45, 2.75) is 25.2 Å². The third-order valence-corrected chi connectivity index (χ3v) is 5.96. The molecular weight excluding hydrogens is 460 g/mol. The number of carbonyl (C=O) groups is 1. The number of para-hydroxylation sites is 1. The van der Waals surface area contributed by atoms with Gasteiger partial charge in [-0.3, -0.25) is 14.2 Å².